The Morgan fingerprint density at radius 1 is 0.929 bits per heavy atom. The summed E-state index contributed by atoms with van der Waals surface area (Å²) in [5.41, 5.74) is 0.584. The molecule has 0 spiro atoms. The summed E-state index contributed by atoms with van der Waals surface area (Å²) in [6, 6.07) is 20.6. The standard InChI is InChI=1S/C22H24N2O2S2/c1-24-14-12-21(13-15-24)27-20-9-7-19(8-10-20)23-28(25,26)22-11-6-17-4-2-3-5-18(17)16-22/h2-11,16,21,23H,12-15H2,1H3. The molecule has 3 aromatic rings. The minimum absolute atomic E-state index is 0.274. The Bertz CT molecular complexity index is 1060. The van der Waals surface area contributed by atoms with Crippen molar-refractivity contribution in [3.63, 3.8) is 0 Å². The van der Waals surface area contributed by atoms with Gasteiger partial charge in [0, 0.05) is 15.8 Å². The Morgan fingerprint density at radius 3 is 2.32 bits per heavy atom. The highest BCUT2D eigenvalue weighted by Gasteiger charge is 2.18. The summed E-state index contributed by atoms with van der Waals surface area (Å²) in [6.07, 6.45) is 2.38. The first kappa shape index (κ1) is 19.3. The molecule has 6 heteroatoms. The van der Waals surface area contributed by atoms with Gasteiger partial charge in [-0.3, -0.25) is 4.72 Å². The SMILES string of the molecule is CN1CCC(Sc2ccc(NS(=O)(=O)c3ccc4ccccc4c3)cc2)CC1. The fourth-order valence-electron chi connectivity index (χ4n) is 3.45. The maximum atomic E-state index is 12.8. The summed E-state index contributed by atoms with van der Waals surface area (Å²) in [7, 11) is -1.45. The number of benzene rings is 3. The Hall–Kier alpha value is -2.02. The third-order valence-corrected chi connectivity index (χ3v) is 7.83. The molecule has 0 unspecified atom stereocenters. The molecule has 0 saturated carbocycles. The number of rotatable bonds is 5. The van der Waals surface area contributed by atoms with Crippen molar-refractivity contribution in [2.75, 3.05) is 24.9 Å². The van der Waals surface area contributed by atoms with Gasteiger partial charge in [-0.15, -0.1) is 11.8 Å². The van der Waals surface area contributed by atoms with Crippen LogP contribution in [0.4, 0.5) is 5.69 Å². The number of likely N-dealkylation sites (tertiary alicyclic amines) is 1. The van der Waals surface area contributed by atoms with Crippen LogP contribution in [-0.2, 0) is 10.0 Å². The Labute approximate surface area is 171 Å². The third kappa shape index (κ3) is 4.51. The van der Waals surface area contributed by atoms with E-state index in [1.807, 2.05) is 66.4 Å². The van der Waals surface area contributed by atoms with E-state index in [4.69, 9.17) is 0 Å². The van der Waals surface area contributed by atoms with E-state index in [1.165, 1.54) is 17.7 Å². The zero-order chi connectivity index (χ0) is 19.6. The number of sulfonamides is 1. The van der Waals surface area contributed by atoms with Crippen LogP contribution in [0.5, 0.6) is 0 Å². The van der Waals surface area contributed by atoms with Gasteiger partial charge in [0.2, 0.25) is 0 Å². The lowest BCUT2D eigenvalue weighted by Crippen LogP contribution is -2.31. The number of fused-ring (bicyclic) bond motifs is 1. The molecule has 1 aliphatic heterocycles. The first-order valence-electron chi connectivity index (χ1n) is 9.46. The highest BCUT2D eigenvalue weighted by molar-refractivity contribution is 8.00. The predicted molar refractivity (Wildman–Crippen MR) is 118 cm³/mol. The molecule has 0 atom stereocenters. The smallest absolute Gasteiger partial charge is 0.261 e. The van der Waals surface area contributed by atoms with Crippen molar-refractivity contribution in [3.05, 3.63) is 66.7 Å². The van der Waals surface area contributed by atoms with Crippen molar-refractivity contribution in [1.29, 1.82) is 0 Å². The van der Waals surface area contributed by atoms with Gasteiger partial charge in [0.15, 0.2) is 0 Å². The van der Waals surface area contributed by atoms with Crippen molar-refractivity contribution >= 4 is 38.2 Å². The lowest BCUT2D eigenvalue weighted by atomic mass is 10.1. The van der Waals surface area contributed by atoms with E-state index >= 15 is 0 Å². The summed E-state index contributed by atoms with van der Waals surface area (Å²) in [4.78, 5) is 3.82. The van der Waals surface area contributed by atoms with Gasteiger partial charge in [-0.25, -0.2) is 8.42 Å². The topological polar surface area (TPSA) is 49.4 Å². The van der Waals surface area contributed by atoms with Gasteiger partial charge >= 0.3 is 0 Å². The van der Waals surface area contributed by atoms with Gasteiger partial charge in [-0.2, -0.15) is 0 Å². The molecule has 28 heavy (non-hydrogen) atoms. The maximum absolute atomic E-state index is 12.8. The van der Waals surface area contributed by atoms with E-state index in [-0.39, 0.29) is 4.90 Å². The fourth-order valence-corrected chi connectivity index (χ4v) is 5.66. The van der Waals surface area contributed by atoms with Crippen LogP contribution in [-0.4, -0.2) is 38.7 Å². The van der Waals surface area contributed by atoms with Crippen LogP contribution in [0.2, 0.25) is 0 Å². The molecule has 0 aromatic heterocycles. The highest BCUT2D eigenvalue weighted by atomic mass is 32.2. The molecule has 0 radical (unpaired) electrons. The van der Waals surface area contributed by atoms with Gasteiger partial charge in [0.1, 0.15) is 0 Å². The average molecular weight is 413 g/mol. The van der Waals surface area contributed by atoms with E-state index in [2.05, 4.69) is 16.7 Å². The van der Waals surface area contributed by atoms with E-state index < -0.39 is 10.0 Å². The summed E-state index contributed by atoms with van der Waals surface area (Å²) < 4.78 is 28.2. The van der Waals surface area contributed by atoms with Crippen LogP contribution in [0, 0.1) is 0 Å². The van der Waals surface area contributed by atoms with Crippen LogP contribution in [0.15, 0.2) is 76.5 Å². The third-order valence-electron chi connectivity index (χ3n) is 5.11. The summed E-state index contributed by atoms with van der Waals surface area (Å²) >= 11 is 1.89. The number of hydrogen-bond acceptors (Lipinski definition) is 4. The first-order valence-corrected chi connectivity index (χ1v) is 11.8. The van der Waals surface area contributed by atoms with Crippen molar-refractivity contribution in [3.8, 4) is 0 Å². The van der Waals surface area contributed by atoms with Crippen LogP contribution in [0.1, 0.15) is 12.8 Å². The molecule has 4 nitrogen and oxygen atoms in total. The van der Waals surface area contributed by atoms with Crippen molar-refractivity contribution in [1.82, 2.24) is 4.90 Å². The van der Waals surface area contributed by atoms with E-state index in [1.54, 1.807) is 12.1 Å². The average Bonchev–Trinajstić information content (AvgIpc) is 2.70. The minimum atomic E-state index is -3.61. The van der Waals surface area contributed by atoms with E-state index in [0.29, 0.717) is 10.9 Å². The Balaban J connectivity index is 1.45. The number of nitrogens with one attached hydrogen (secondary N) is 1. The number of piperidine rings is 1. The van der Waals surface area contributed by atoms with Crippen LogP contribution in [0.3, 0.4) is 0 Å². The molecule has 1 heterocycles. The molecule has 4 rings (SSSR count). The molecule has 146 valence electrons. The molecule has 0 aliphatic carbocycles. The summed E-state index contributed by atoms with van der Waals surface area (Å²) in [6.45, 7) is 2.28. The Morgan fingerprint density at radius 2 is 1.61 bits per heavy atom. The molecule has 1 fully saturated rings. The zero-order valence-electron chi connectivity index (χ0n) is 15.8. The van der Waals surface area contributed by atoms with Gasteiger partial charge in [0.05, 0.1) is 4.90 Å². The second-order valence-electron chi connectivity index (χ2n) is 7.26. The maximum Gasteiger partial charge on any atom is 0.261 e. The van der Waals surface area contributed by atoms with E-state index in [0.717, 1.165) is 23.9 Å². The Kier molecular flexibility index (Phi) is 5.62. The van der Waals surface area contributed by atoms with Crippen molar-refractivity contribution in [2.24, 2.45) is 0 Å². The number of nitrogens with zero attached hydrogens (tertiary/aromatic N) is 1. The lowest BCUT2D eigenvalue weighted by Gasteiger charge is -2.28. The second-order valence-corrected chi connectivity index (χ2v) is 10.3. The van der Waals surface area contributed by atoms with Crippen LogP contribution >= 0.6 is 11.8 Å². The normalized spacial score (nSPS) is 16.3. The fraction of sp³-hybridized carbons (Fsp3) is 0.273. The molecule has 1 aliphatic rings. The van der Waals surface area contributed by atoms with Gasteiger partial charge in [0.25, 0.3) is 10.0 Å². The molecule has 0 amide bonds. The first-order chi connectivity index (χ1) is 13.5. The van der Waals surface area contributed by atoms with Gasteiger partial charge < -0.3 is 4.90 Å². The quantitative estimate of drug-likeness (QED) is 0.652. The monoisotopic (exact) mass is 412 g/mol. The van der Waals surface area contributed by atoms with Gasteiger partial charge in [-0.1, -0.05) is 30.3 Å². The second kappa shape index (κ2) is 8.15. The van der Waals surface area contributed by atoms with Crippen LogP contribution < -0.4 is 4.72 Å². The van der Waals surface area contributed by atoms with Crippen LogP contribution in [0.25, 0.3) is 10.8 Å². The molecule has 1 saturated heterocycles. The highest BCUT2D eigenvalue weighted by Crippen LogP contribution is 2.31. The lowest BCUT2D eigenvalue weighted by molar-refractivity contribution is 0.282. The molecular weight excluding hydrogens is 388 g/mol. The minimum Gasteiger partial charge on any atom is -0.306 e. The zero-order valence-corrected chi connectivity index (χ0v) is 17.5. The molecule has 3 aromatic carbocycles. The number of anilines is 1. The van der Waals surface area contributed by atoms with Gasteiger partial charge in [-0.05, 0) is 80.1 Å². The largest absolute Gasteiger partial charge is 0.306 e. The number of thioether (sulfide) groups is 1. The predicted octanol–water partition coefficient (Wildman–Crippen LogP) is 4.83. The van der Waals surface area contributed by atoms with Crippen molar-refractivity contribution in [2.45, 2.75) is 27.9 Å². The summed E-state index contributed by atoms with van der Waals surface area (Å²) in [5, 5.41) is 2.57. The molecule has 1 N–H and O–H groups in total. The molecule has 0 bridgehead atoms. The summed E-state index contributed by atoms with van der Waals surface area (Å²) in [5.74, 6) is 0. The van der Waals surface area contributed by atoms with E-state index in [9.17, 15) is 8.42 Å². The number of hydrogen-bond donors (Lipinski definition) is 1. The molecular formula is C22H24N2O2S2. The van der Waals surface area contributed by atoms with Crippen molar-refractivity contribution < 1.29 is 8.42 Å².